The van der Waals surface area contributed by atoms with Gasteiger partial charge in [-0.2, -0.15) is 22.1 Å². The summed E-state index contributed by atoms with van der Waals surface area (Å²) < 4.78 is 1.66. The molecule has 1 amide bonds. The molecule has 120 valence electrons. The van der Waals surface area contributed by atoms with Crippen molar-refractivity contribution in [1.29, 1.82) is 5.26 Å². The Bertz CT molecular complexity index is 700. The molecule has 0 bridgehead atoms. The molecule has 0 aliphatic heterocycles. The first-order chi connectivity index (χ1) is 11.1. The molecule has 0 atom stereocenters. The van der Waals surface area contributed by atoms with Crippen molar-refractivity contribution in [2.45, 2.75) is 32.6 Å². The number of thioether (sulfide) groups is 1. The molecule has 23 heavy (non-hydrogen) atoms. The van der Waals surface area contributed by atoms with E-state index in [2.05, 4.69) is 23.4 Å². The van der Waals surface area contributed by atoms with Crippen LogP contribution in [-0.4, -0.2) is 21.4 Å². The number of carbonyl (C=O) groups excluding carboxylic acids is 1. The number of nitrogens with zero attached hydrogens (tertiary/aromatic N) is 3. The van der Waals surface area contributed by atoms with Gasteiger partial charge in [-0.3, -0.25) is 4.79 Å². The summed E-state index contributed by atoms with van der Waals surface area (Å²) in [6.07, 6.45) is 0.355. The molecule has 1 aromatic carbocycles. The highest BCUT2D eigenvalue weighted by atomic mass is 32.2. The van der Waals surface area contributed by atoms with Crippen LogP contribution in [0.25, 0.3) is 0 Å². The van der Waals surface area contributed by atoms with Gasteiger partial charge in [-0.05, 0) is 30.4 Å². The van der Waals surface area contributed by atoms with E-state index in [9.17, 15) is 4.79 Å². The zero-order chi connectivity index (χ0) is 16.7. The number of carbonyl (C=O) groups is 1. The molecule has 0 fully saturated rings. The Kier molecular flexibility index (Phi) is 6.24. The van der Waals surface area contributed by atoms with Gasteiger partial charge in [-0.15, -0.1) is 0 Å². The molecule has 0 saturated carbocycles. The lowest BCUT2D eigenvalue weighted by molar-refractivity contribution is 0.102. The fourth-order valence-electron chi connectivity index (χ4n) is 2.13. The molecule has 2 aromatic rings. The van der Waals surface area contributed by atoms with Gasteiger partial charge in [0.05, 0.1) is 24.7 Å². The topological polar surface area (TPSA) is 70.7 Å². The number of amides is 1. The van der Waals surface area contributed by atoms with Gasteiger partial charge >= 0.3 is 0 Å². The molecule has 6 heteroatoms. The van der Waals surface area contributed by atoms with E-state index in [1.165, 1.54) is 5.56 Å². The van der Waals surface area contributed by atoms with Crippen LogP contribution in [0.3, 0.4) is 0 Å². The van der Waals surface area contributed by atoms with Crippen molar-refractivity contribution in [3.63, 3.8) is 0 Å². The van der Waals surface area contributed by atoms with Crippen molar-refractivity contribution in [2.75, 3.05) is 11.1 Å². The fraction of sp³-hybridized carbons (Fsp3) is 0.353. The van der Waals surface area contributed by atoms with Crippen LogP contribution in [0.2, 0.25) is 0 Å². The molecule has 0 radical (unpaired) electrons. The second kappa shape index (κ2) is 8.39. The van der Waals surface area contributed by atoms with Crippen molar-refractivity contribution in [3.05, 3.63) is 47.2 Å². The third-order valence-corrected chi connectivity index (χ3v) is 4.21. The molecule has 0 aliphatic rings. The second-order valence-corrected chi connectivity index (χ2v) is 6.36. The number of nitriles is 1. The zero-order valence-corrected chi connectivity index (χ0v) is 14.2. The number of hydrogen-bond donors (Lipinski definition) is 1. The summed E-state index contributed by atoms with van der Waals surface area (Å²) in [6.45, 7) is 4.45. The van der Waals surface area contributed by atoms with Crippen LogP contribution in [0.15, 0.2) is 30.3 Å². The number of benzene rings is 1. The highest BCUT2D eigenvalue weighted by Gasteiger charge is 2.11. The van der Waals surface area contributed by atoms with E-state index in [0.29, 0.717) is 24.3 Å². The molecular formula is C17H20N4OS. The predicted octanol–water partition coefficient (Wildman–Crippen LogP) is 3.61. The van der Waals surface area contributed by atoms with Crippen LogP contribution in [0.5, 0.6) is 0 Å². The standard InChI is InChI=1S/C17H20N4OS/c1-3-23-12-14-5-7-15(8-6-14)17(22)19-16-11-13(2)20-21(16)10-4-9-18/h5-8,11H,3-4,10,12H2,1-2H3,(H,19,22). The minimum absolute atomic E-state index is 0.169. The van der Waals surface area contributed by atoms with E-state index >= 15 is 0 Å². The zero-order valence-electron chi connectivity index (χ0n) is 13.4. The van der Waals surface area contributed by atoms with E-state index in [1.54, 1.807) is 4.68 Å². The van der Waals surface area contributed by atoms with E-state index in [4.69, 9.17) is 5.26 Å². The van der Waals surface area contributed by atoms with E-state index in [-0.39, 0.29) is 5.91 Å². The van der Waals surface area contributed by atoms with Gasteiger partial charge in [0.2, 0.25) is 0 Å². The van der Waals surface area contributed by atoms with Gasteiger partial charge in [-0.1, -0.05) is 19.1 Å². The third kappa shape index (κ3) is 4.86. The van der Waals surface area contributed by atoms with Crippen molar-refractivity contribution in [3.8, 4) is 6.07 Å². The Labute approximate surface area is 140 Å². The molecule has 1 heterocycles. The van der Waals surface area contributed by atoms with Gasteiger partial charge in [0.1, 0.15) is 5.82 Å². The summed E-state index contributed by atoms with van der Waals surface area (Å²) in [7, 11) is 0. The van der Waals surface area contributed by atoms with Crippen LogP contribution in [-0.2, 0) is 12.3 Å². The molecule has 5 nitrogen and oxygen atoms in total. The number of nitrogens with one attached hydrogen (secondary N) is 1. The molecule has 2 rings (SSSR count). The number of hydrogen-bond acceptors (Lipinski definition) is 4. The van der Waals surface area contributed by atoms with E-state index < -0.39 is 0 Å². The maximum absolute atomic E-state index is 12.4. The summed E-state index contributed by atoms with van der Waals surface area (Å²) in [6, 6.07) is 11.5. The van der Waals surface area contributed by atoms with Crippen LogP contribution in [0.1, 0.15) is 35.0 Å². The van der Waals surface area contributed by atoms with Crippen molar-refractivity contribution >= 4 is 23.5 Å². The Morgan fingerprint density at radius 2 is 2.13 bits per heavy atom. The van der Waals surface area contributed by atoms with Gasteiger partial charge in [0, 0.05) is 17.4 Å². The highest BCUT2D eigenvalue weighted by Crippen LogP contribution is 2.15. The van der Waals surface area contributed by atoms with Gasteiger partial charge in [0.25, 0.3) is 5.91 Å². The fourth-order valence-corrected chi connectivity index (χ4v) is 2.77. The lowest BCUT2D eigenvalue weighted by atomic mass is 10.1. The number of anilines is 1. The maximum atomic E-state index is 12.4. The smallest absolute Gasteiger partial charge is 0.256 e. The van der Waals surface area contributed by atoms with Gasteiger partial charge < -0.3 is 5.32 Å². The Hall–Kier alpha value is -2.26. The molecule has 1 aromatic heterocycles. The van der Waals surface area contributed by atoms with Gasteiger partial charge in [0.15, 0.2) is 0 Å². The summed E-state index contributed by atoms with van der Waals surface area (Å²) in [5.41, 5.74) is 2.63. The van der Waals surface area contributed by atoms with Crippen molar-refractivity contribution < 1.29 is 4.79 Å². The normalized spacial score (nSPS) is 10.3. The van der Waals surface area contributed by atoms with E-state index in [1.807, 2.05) is 49.0 Å². The minimum atomic E-state index is -0.169. The average Bonchev–Trinajstić information content (AvgIpc) is 2.90. The molecule has 0 unspecified atom stereocenters. The molecule has 0 aliphatic carbocycles. The highest BCUT2D eigenvalue weighted by molar-refractivity contribution is 7.98. The molecule has 1 N–H and O–H groups in total. The Morgan fingerprint density at radius 3 is 2.78 bits per heavy atom. The monoisotopic (exact) mass is 328 g/mol. The largest absolute Gasteiger partial charge is 0.307 e. The van der Waals surface area contributed by atoms with Crippen LogP contribution >= 0.6 is 11.8 Å². The van der Waals surface area contributed by atoms with Crippen molar-refractivity contribution in [1.82, 2.24) is 9.78 Å². The summed E-state index contributed by atoms with van der Waals surface area (Å²) in [4.78, 5) is 12.4. The number of rotatable bonds is 7. The van der Waals surface area contributed by atoms with E-state index in [0.717, 1.165) is 17.2 Å². The molecule has 0 saturated heterocycles. The van der Waals surface area contributed by atoms with Crippen LogP contribution in [0.4, 0.5) is 5.82 Å². The summed E-state index contributed by atoms with van der Waals surface area (Å²) in [5.74, 6) is 2.48. The average molecular weight is 328 g/mol. The first kappa shape index (κ1) is 17.1. The van der Waals surface area contributed by atoms with Crippen molar-refractivity contribution in [2.24, 2.45) is 0 Å². The lowest BCUT2D eigenvalue weighted by Gasteiger charge is -2.08. The SMILES string of the molecule is CCSCc1ccc(C(=O)Nc2cc(C)nn2CCC#N)cc1. The number of aromatic nitrogens is 2. The third-order valence-electron chi connectivity index (χ3n) is 3.27. The lowest BCUT2D eigenvalue weighted by Crippen LogP contribution is -2.15. The van der Waals surface area contributed by atoms with Gasteiger partial charge in [-0.25, -0.2) is 4.68 Å². The predicted molar refractivity (Wildman–Crippen MR) is 93.4 cm³/mol. The maximum Gasteiger partial charge on any atom is 0.256 e. The molecular weight excluding hydrogens is 308 g/mol. The minimum Gasteiger partial charge on any atom is -0.307 e. The first-order valence-corrected chi connectivity index (χ1v) is 8.69. The first-order valence-electron chi connectivity index (χ1n) is 7.53. The van der Waals surface area contributed by atoms with Crippen LogP contribution < -0.4 is 5.32 Å². The summed E-state index contributed by atoms with van der Waals surface area (Å²) in [5, 5.41) is 15.8. The number of aryl methyl sites for hydroxylation is 2. The molecule has 0 spiro atoms. The second-order valence-electron chi connectivity index (χ2n) is 5.09. The quantitative estimate of drug-likeness (QED) is 0.843. The Morgan fingerprint density at radius 1 is 1.39 bits per heavy atom. The Balaban J connectivity index is 2.05. The van der Waals surface area contributed by atoms with Crippen LogP contribution in [0, 0.1) is 18.3 Å². The summed E-state index contributed by atoms with van der Waals surface area (Å²) >= 11 is 1.85.